The van der Waals surface area contributed by atoms with Crippen LogP contribution in [0.3, 0.4) is 0 Å². The van der Waals surface area contributed by atoms with E-state index in [1.165, 1.54) is 37.3 Å². The summed E-state index contributed by atoms with van der Waals surface area (Å²) in [7, 11) is 0. The minimum absolute atomic E-state index is 0.0510. The van der Waals surface area contributed by atoms with E-state index in [4.69, 9.17) is 0 Å². The van der Waals surface area contributed by atoms with Crippen molar-refractivity contribution in [2.45, 2.75) is 6.92 Å². The lowest BCUT2D eigenvalue weighted by Gasteiger charge is -2.16. The minimum atomic E-state index is -0.875. The van der Waals surface area contributed by atoms with Gasteiger partial charge in [0, 0.05) is 18.2 Å². The molecular formula is C17H11F2N3O3. The number of non-ortho nitro benzene ring substituents is 1. The average Bonchev–Trinajstić information content (AvgIpc) is 2.82. The van der Waals surface area contributed by atoms with E-state index in [-0.39, 0.29) is 22.9 Å². The molecule has 1 aliphatic rings. The molecule has 0 bridgehead atoms. The lowest BCUT2D eigenvalue weighted by Crippen LogP contribution is -2.31. The van der Waals surface area contributed by atoms with Crippen molar-refractivity contribution in [1.82, 2.24) is 0 Å². The fourth-order valence-corrected chi connectivity index (χ4v) is 2.42. The smallest absolute Gasteiger partial charge is 0.266 e. The van der Waals surface area contributed by atoms with E-state index < -0.39 is 22.5 Å². The zero-order valence-electron chi connectivity index (χ0n) is 12.9. The molecule has 1 amide bonds. The largest absolute Gasteiger partial charge is 0.282 e. The van der Waals surface area contributed by atoms with E-state index in [1.54, 1.807) is 0 Å². The summed E-state index contributed by atoms with van der Waals surface area (Å²) in [4.78, 5) is 27.8. The predicted octanol–water partition coefficient (Wildman–Crippen LogP) is 3.68. The van der Waals surface area contributed by atoms with Gasteiger partial charge in [0.25, 0.3) is 11.6 Å². The molecule has 126 valence electrons. The zero-order valence-corrected chi connectivity index (χ0v) is 12.9. The van der Waals surface area contributed by atoms with E-state index in [2.05, 4.69) is 4.99 Å². The lowest BCUT2D eigenvalue weighted by molar-refractivity contribution is -0.384. The molecule has 0 radical (unpaired) electrons. The van der Waals surface area contributed by atoms with Crippen LogP contribution in [-0.2, 0) is 4.79 Å². The second kappa shape index (κ2) is 6.23. The van der Waals surface area contributed by atoms with Crippen molar-refractivity contribution in [1.29, 1.82) is 0 Å². The highest BCUT2D eigenvalue weighted by atomic mass is 19.1. The van der Waals surface area contributed by atoms with Crippen molar-refractivity contribution in [2.75, 3.05) is 4.90 Å². The van der Waals surface area contributed by atoms with Gasteiger partial charge in [0.05, 0.1) is 10.6 Å². The molecule has 1 heterocycles. The number of amides is 1. The van der Waals surface area contributed by atoms with Crippen LogP contribution in [0.25, 0.3) is 6.08 Å². The molecule has 0 saturated heterocycles. The van der Waals surface area contributed by atoms with Gasteiger partial charge in [-0.25, -0.2) is 13.8 Å². The molecule has 0 saturated carbocycles. The first-order valence-electron chi connectivity index (χ1n) is 7.18. The molecule has 0 unspecified atom stereocenters. The Morgan fingerprint density at radius 2 is 1.84 bits per heavy atom. The van der Waals surface area contributed by atoms with Crippen LogP contribution < -0.4 is 4.90 Å². The third-order valence-corrected chi connectivity index (χ3v) is 3.59. The van der Waals surface area contributed by atoms with Gasteiger partial charge in [0.15, 0.2) is 0 Å². The third kappa shape index (κ3) is 3.14. The molecule has 0 atom stereocenters. The first-order valence-corrected chi connectivity index (χ1v) is 7.18. The van der Waals surface area contributed by atoms with Gasteiger partial charge in [0.2, 0.25) is 0 Å². The number of hydrogen-bond acceptors (Lipinski definition) is 4. The fraction of sp³-hybridized carbons (Fsp3) is 0.0588. The van der Waals surface area contributed by atoms with Gasteiger partial charge in [0.1, 0.15) is 23.2 Å². The molecule has 0 aliphatic carbocycles. The second-order valence-electron chi connectivity index (χ2n) is 5.27. The summed E-state index contributed by atoms with van der Waals surface area (Å²) in [6.07, 6.45) is 1.44. The van der Waals surface area contributed by atoms with E-state index >= 15 is 0 Å². The summed E-state index contributed by atoms with van der Waals surface area (Å²) in [5.41, 5.74) is 0.413. The number of carbonyl (C=O) groups is 1. The number of nitro benzene ring substituents is 1. The quantitative estimate of drug-likeness (QED) is 0.485. The molecule has 8 heteroatoms. The van der Waals surface area contributed by atoms with Crippen molar-refractivity contribution in [2.24, 2.45) is 4.99 Å². The van der Waals surface area contributed by atoms with Crippen LogP contribution in [-0.4, -0.2) is 16.7 Å². The number of nitrogens with zero attached hydrogens (tertiary/aromatic N) is 3. The Morgan fingerprint density at radius 1 is 1.16 bits per heavy atom. The molecular weight excluding hydrogens is 332 g/mol. The van der Waals surface area contributed by atoms with E-state index in [1.807, 2.05) is 0 Å². The molecule has 1 aliphatic heterocycles. The molecule has 0 spiro atoms. The summed E-state index contributed by atoms with van der Waals surface area (Å²) in [5, 5.41) is 10.7. The molecule has 0 aromatic heterocycles. The Balaban J connectivity index is 1.93. The second-order valence-corrected chi connectivity index (χ2v) is 5.27. The molecule has 6 nitrogen and oxygen atoms in total. The van der Waals surface area contributed by atoms with E-state index in [0.717, 1.165) is 17.0 Å². The van der Waals surface area contributed by atoms with Gasteiger partial charge in [-0.3, -0.25) is 19.8 Å². The highest BCUT2D eigenvalue weighted by molar-refractivity contribution is 6.28. The summed E-state index contributed by atoms with van der Waals surface area (Å²) in [5.74, 6) is -1.95. The van der Waals surface area contributed by atoms with Gasteiger partial charge in [-0.15, -0.1) is 0 Å². The van der Waals surface area contributed by atoms with Gasteiger partial charge < -0.3 is 0 Å². The molecule has 3 rings (SSSR count). The maximum absolute atomic E-state index is 14.0. The van der Waals surface area contributed by atoms with Crippen LogP contribution in [0.1, 0.15) is 12.5 Å². The monoisotopic (exact) mass is 343 g/mol. The number of hydrogen-bond donors (Lipinski definition) is 0. The van der Waals surface area contributed by atoms with Gasteiger partial charge in [-0.05, 0) is 42.8 Å². The molecule has 0 N–H and O–H groups in total. The number of nitro groups is 1. The normalized spacial score (nSPS) is 15.6. The average molecular weight is 343 g/mol. The molecule has 0 fully saturated rings. The van der Waals surface area contributed by atoms with Crippen molar-refractivity contribution >= 4 is 29.2 Å². The Hall–Kier alpha value is -3.42. The van der Waals surface area contributed by atoms with Gasteiger partial charge in [-0.2, -0.15) is 0 Å². The first kappa shape index (κ1) is 16.4. The highest BCUT2D eigenvalue weighted by Gasteiger charge is 2.30. The highest BCUT2D eigenvalue weighted by Crippen LogP contribution is 2.28. The van der Waals surface area contributed by atoms with Crippen LogP contribution in [0.5, 0.6) is 0 Å². The van der Waals surface area contributed by atoms with Crippen LogP contribution in [0.2, 0.25) is 0 Å². The van der Waals surface area contributed by atoms with Crippen molar-refractivity contribution in [3.63, 3.8) is 0 Å². The number of aliphatic imine (C=N–C) groups is 1. The van der Waals surface area contributed by atoms with Crippen LogP contribution in [0.4, 0.5) is 20.2 Å². The van der Waals surface area contributed by atoms with Crippen LogP contribution in [0, 0.1) is 21.7 Å². The Labute approximate surface area is 140 Å². The van der Waals surface area contributed by atoms with Crippen molar-refractivity contribution in [3.05, 3.63) is 75.5 Å². The number of rotatable bonds is 3. The lowest BCUT2D eigenvalue weighted by atomic mass is 10.1. The summed E-state index contributed by atoms with van der Waals surface area (Å²) >= 11 is 0. The Bertz CT molecular complexity index is 937. The van der Waals surface area contributed by atoms with Crippen LogP contribution in [0.15, 0.2) is 53.2 Å². The molecule has 2 aromatic carbocycles. The predicted molar refractivity (Wildman–Crippen MR) is 88.0 cm³/mol. The standard InChI is InChI=1S/C17H11F2N3O3/c1-10-20-15(8-11-2-5-13(6-3-11)22(24)25)17(23)21(10)16-7-4-12(18)9-14(16)19/h2-9H,1H3. The maximum atomic E-state index is 14.0. The maximum Gasteiger partial charge on any atom is 0.282 e. The number of halogens is 2. The fourth-order valence-electron chi connectivity index (χ4n) is 2.42. The van der Waals surface area contributed by atoms with E-state index in [0.29, 0.717) is 11.6 Å². The minimum Gasteiger partial charge on any atom is -0.266 e. The number of amidine groups is 1. The third-order valence-electron chi connectivity index (χ3n) is 3.59. The Morgan fingerprint density at radius 3 is 2.44 bits per heavy atom. The first-order chi connectivity index (χ1) is 11.9. The van der Waals surface area contributed by atoms with E-state index in [9.17, 15) is 23.7 Å². The number of anilines is 1. The molecule has 2 aromatic rings. The van der Waals surface area contributed by atoms with Gasteiger partial charge >= 0.3 is 0 Å². The van der Waals surface area contributed by atoms with Crippen molar-refractivity contribution in [3.8, 4) is 0 Å². The number of benzene rings is 2. The van der Waals surface area contributed by atoms with Crippen molar-refractivity contribution < 1.29 is 18.5 Å². The zero-order chi connectivity index (χ0) is 18.1. The van der Waals surface area contributed by atoms with Gasteiger partial charge in [-0.1, -0.05) is 0 Å². The Kier molecular flexibility index (Phi) is 4.10. The summed E-state index contributed by atoms with van der Waals surface area (Å²) in [6, 6.07) is 8.47. The molecule has 25 heavy (non-hydrogen) atoms. The summed E-state index contributed by atoms with van der Waals surface area (Å²) < 4.78 is 27.0. The summed E-state index contributed by atoms with van der Waals surface area (Å²) in [6.45, 7) is 1.53. The topological polar surface area (TPSA) is 75.8 Å². The SMILES string of the molecule is CC1=NC(=Cc2ccc([N+](=O)[O-])cc2)C(=O)N1c1ccc(F)cc1F. The number of carbonyl (C=O) groups excluding carboxylic acids is 1. The van der Waals surface area contributed by atoms with Crippen LogP contribution >= 0.6 is 0 Å².